The van der Waals surface area contributed by atoms with E-state index in [9.17, 15) is 4.79 Å². The minimum Gasteiger partial charge on any atom is -0.465 e. The highest BCUT2D eigenvalue weighted by Gasteiger charge is 2.24. The van der Waals surface area contributed by atoms with Gasteiger partial charge in [0.05, 0.1) is 0 Å². The van der Waals surface area contributed by atoms with Crippen molar-refractivity contribution in [2.75, 3.05) is 5.32 Å². The number of aldehydes is 1. The van der Waals surface area contributed by atoms with Crippen molar-refractivity contribution in [2.45, 2.75) is 77.5 Å². The van der Waals surface area contributed by atoms with Crippen LogP contribution < -0.4 is 10.6 Å². The van der Waals surface area contributed by atoms with Crippen LogP contribution in [0.25, 0.3) is 0 Å². The highest BCUT2D eigenvalue weighted by molar-refractivity contribution is 7.80. The van der Waals surface area contributed by atoms with E-state index in [4.69, 9.17) is 28.6 Å². The molecule has 0 radical (unpaired) electrons. The maximum atomic E-state index is 11.3. The number of hydrogen-bond donors (Lipinski definition) is 2. The van der Waals surface area contributed by atoms with Crippen molar-refractivity contribution < 1.29 is 9.53 Å². The molecule has 0 heterocycles. The molecule has 26 heavy (non-hydrogen) atoms. The van der Waals surface area contributed by atoms with E-state index >= 15 is 0 Å². The predicted molar refractivity (Wildman–Crippen MR) is 112 cm³/mol. The Morgan fingerprint density at radius 3 is 2.42 bits per heavy atom. The molecule has 2 rings (SSSR count). The number of ether oxygens (including phenoxy) is 1. The molecule has 1 aromatic rings. The zero-order chi connectivity index (χ0) is 19.3. The van der Waals surface area contributed by atoms with E-state index < -0.39 is 0 Å². The van der Waals surface area contributed by atoms with Crippen LogP contribution in [0.1, 0.15) is 69.3 Å². The molecule has 0 aliphatic heterocycles. The number of rotatable bonds is 5. The van der Waals surface area contributed by atoms with Crippen LogP contribution in [0, 0.1) is 0 Å². The Balaban J connectivity index is 1.92. The van der Waals surface area contributed by atoms with Gasteiger partial charge in [0.2, 0.25) is 0 Å². The number of anilines is 1. The second-order valence-electron chi connectivity index (χ2n) is 7.83. The van der Waals surface area contributed by atoms with Crippen LogP contribution >= 0.6 is 23.8 Å². The topological polar surface area (TPSA) is 50.4 Å². The van der Waals surface area contributed by atoms with Crippen LogP contribution in [-0.2, 0) is 11.2 Å². The van der Waals surface area contributed by atoms with E-state index in [2.05, 4.69) is 17.6 Å². The van der Waals surface area contributed by atoms with Crippen LogP contribution in [0.4, 0.5) is 5.69 Å². The lowest BCUT2D eigenvalue weighted by atomic mass is 9.90. The van der Waals surface area contributed by atoms with Gasteiger partial charge in [-0.05, 0) is 82.8 Å². The Morgan fingerprint density at radius 1 is 1.27 bits per heavy atom. The Labute approximate surface area is 167 Å². The number of nitrogens with one attached hydrogen (secondary N) is 2. The van der Waals surface area contributed by atoms with Crippen molar-refractivity contribution >= 4 is 41.0 Å². The lowest BCUT2D eigenvalue weighted by molar-refractivity contribution is 0.111. The summed E-state index contributed by atoms with van der Waals surface area (Å²) in [5.41, 5.74) is 2.40. The fraction of sp³-hybridized carbons (Fsp3) is 0.600. The zero-order valence-electron chi connectivity index (χ0n) is 16.0. The van der Waals surface area contributed by atoms with Crippen LogP contribution in [0.2, 0.25) is 5.02 Å². The first kappa shape index (κ1) is 21.0. The van der Waals surface area contributed by atoms with Crippen molar-refractivity contribution in [3.63, 3.8) is 0 Å². The summed E-state index contributed by atoms with van der Waals surface area (Å²) >= 11 is 11.5. The second-order valence-corrected chi connectivity index (χ2v) is 8.64. The molecule has 0 saturated heterocycles. The third-order valence-electron chi connectivity index (χ3n) is 4.54. The average Bonchev–Trinajstić information content (AvgIpc) is 2.54. The molecule has 1 saturated carbocycles. The normalized spacial score (nSPS) is 20.3. The van der Waals surface area contributed by atoms with E-state index in [-0.39, 0.29) is 5.60 Å². The second kappa shape index (κ2) is 9.05. The highest BCUT2D eigenvalue weighted by atomic mass is 35.5. The SMILES string of the molecule is CCc1c(C=O)cc(Cl)cc1NC1CCC(NC(=S)OC(C)(C)C)CC1. The van der Waals surface area contributed by atoms with Gasteiger partial charge in [-0.2, -0.15) is 0 Å². The van der Waals surface area contributed by atoms with Crippen molar-refractivity contribution in [1.29, 1.82) is 0 Å². The lowest BCUT2D eigenvalue weighted by Gasteiger charge is -2.32. The van der Waals surface area contributed by atoms with Gasteiger partial charge in [-0.15, -0.1) is 0 Å². The minimum atomic E-state index is -0.276. The van der Waals surface area contributed by atoms with Gasteiger partial charge in [-0.25, -0.2) is 0 Å². The summed E-state index contributed by atoms with van der Waals surface area (Å²) in [6.45, 7) is 8.03. The molecule has 144 valence electrons. The smallest absolute Gasteiger partial charge is 0.257 e. The summed E-state index contributed by atoms with van der Waals surface area (Å²) in [5, 5.41) is 7.99. The van der Waals surface area contributed by atoms with Gasteiger partial charge in [0.25, 0.3) is 5.17 Å². The molecule has 4 nitrogen and oxygen atoms in total. The Kier molecular flexibility index (Phi) is 7.30. The summed E-state index contributed by atoms with van der Waals surface area (Å²) in [4.78, 5) is 11.3. The van der Waals surface area contributed by atoms with Gasteiger partial charge < -0.3 is 15.4 Å². The molecule has 0 aromatic heterocycles. The van der Waals surface area contributed by atoms with Crippen molar-refractivity contribution in [1.82, 2.24) is 5.32 Å². The summed E-state index contributed by atoms with van der Waals surface area (Å²) in [6, 6.07) is 4.37. The largest absolute Gasteiger partial charge is 0.465 e. The number of carbonyl (C=O) groups is 1. The fourth-order valence-electron chi connectivity index (χ4n) is 3.36. The average molecular weight is 397 g/mol. The van der Waals surface area contributed by atoms with Gasteiger partial charge in [0, 0.05) is 28.4 Å². The maximum absolute atomic E-state index is 11.3. The van der Waals surface area contributed by atoms with Crippen LogP contribution in [-0.4, -0.2) is 29.1 Å². The number of halogens is 1. The number of hydrogen-bond acceptors (Lipinski definition) is 4. The monoisotopic (exact) mass is 396 g/mol. The van der Waals surface area contributed by atoms with Crippen molar-refractivity contribution in [3.8, 4) is 0 Å². The standard InChI is InChI=1S/C20H29ClN2O2S/c1-5-17-13(12-24)10-14(21)11-18(17)22-15-6-8-16(9-7-15)23-19(26)25-20(2,3)4/h10-12,15-16,22H,5-9H2,1-4H3,(H,23,26). The Morgan fingerprint density at radius 2 is 1.88 bits per heavy atom. The van der Waals surface area contributed by atoms with Crippen molar-refractivity contribution in [2.24, 2.45) is 0 Å². The van der Waals surface area contributed by atoms with Gasteiger partial charge in [-0.3, -0.25) is 4.79 Å². The molecule has 1 aliphatic rings. The van der Waals surface area contributed by atoms with Crippen LogP contribution in [0.3, 0.4) is 0 Å². The van der Waals surface area contributed by atoms with Gasteiger partial charge >= 0.3 is 0 Å². The summed E-state index contributed by atoms with van der Waals surface area (Å²) in [6.07, 6.45) is 5.78. The molecule has 1 aromatic carbocycles. The third-order valence-corrected chi connectivity index (χ3v) is 4.96. The van der Waals surface area contributed by atoms with E-state index in [0.717, 1.165) is 49.6 Å². The van der Waals surface area contributed by atoms with Gasteiger partial charge in [-0.1, -0.05) is 18.5 Å². The highest BCUT2D eigenvalue weighted by Crippen LogP contribution is 2.29. The molecule has 1 fully saturated rings. The van der Waals surface area contributed by atoms with Crippen LogP contribution in [0.5, 0.6) is 0 Å². The molecule has 0 atom stereocenters. The first-order valence-corrected chi connectivity index (χ1v) is 10.0. The molecule has 1 aliphatic carbocycles. The summed E-state index contributed by atoms with van der Waals surface area (Å²) < 4.78 is 5.69. The molecular weight excluding hydrogens is 368 g/mol. The molecule has 0 unspecified atom stereocenters. The molecule has 0 amide bonds. The fourth-order valence-corrected chi connectivity index (χ4v) is 4.01. The van der Waals surface area contributed by atoms with Gasteiger partial charge in [0.15, 0.2) is 0 Å². The first-order chi connectivity index (χ1) is 12.2. The number of carbonyl (C=O) groups excluding carboxylic acids is 1. The lowest BCUT2D eigenvalue weighted by Crippen LogP contribution is -2.42. The number of thiocarbonyl (C=S) groups is 1. The van der Waals surface area contributed by atoms with E-state index in [1.54, 1.807) is 6.07 Å². The van der Waals surface area contributed by atoms with E-state index in [0.29, 0.717) is 27.8 Å². The molecule has 6 heteroatoms. The van der Waals surface area contributed by atoms with E-state index in [1.807, 2.05) is 26.8 Å². The third kappa shape index (κ3) is 6.13. The Bertz CT molecular complexity index is 650. The zero-order valence-corrected chi connectivity index (χ0v) is 17.6. The molecule has 0 spiro atoms. The summed E-state index contributed by atoms with van der Waals surface area (Å²) in [7, 11) is 0. The number of benzene rings is 1. The van der Waals surface area contributed by atoms with Gasteiger partial charge in [0.1, 0.15) is 11.9 Å². The first-order valence-electron chi connectivity index (χ1n) is 9.25. The molecular formula is C20H29ClN2O2S. The quantitative estimate of drug-likeness (QED) is 0.533. The van der Waals surface area contributed by atoms with Crippen LogP contribution in [0.15, 0.2) is 12.1 Å². The summed E-state index contributed by atoms with van der Waals surface area (Å²) in [5.74, 6) is 0. The molecule has 0 bridgehead atoms. The predicted octanol–water partition coefficient (Wildman–Crippen LogP) is 5.13. The Hall–Kier alpha value is -1.33. The van der Waals surface area contributed by atoms with Crippen molar-refractivity contribution in [3.05, 3.63) is 28.3 Å². The maximum Gasteiger partial charge on any atom is 0.257 e. The minimum absolute atomic E-state index is 0.276. The molecule has 2 N–H and O–H groups in total. The van der Waals surface area contributed by atoms with E-state index in [1.165, 1.54) is 0 Å².